The summed E-state index contributed by atoms with van der Waals surface area (Å²) in [5.74, 6) is 1.05. The van der Waals surface area contributed by atoms with Crippen molar-refractivity contribution in [1.82, 2.24) is 0 Å². The SMILES string of the molecule is COC(=O)c1sc2cc(NC(=O)c3ccc(COc4cccc(OC)c4)o3)ccc2c1Cl. The van der Waals surface area contributed by atoms with Gasteiger partial charge in [0.25, 0.3) is 5.91 Å². The average Bonchev–Trinajstić information content (AvgIpc) is 3.42. The molecule has 2 heterocycles. The molecule has 0 saturated heterocycles. The first-order chi connectivity index (χ1) is 15.5. The zero-order valence-electron chi connectivity index (χ0n) is 17.1. The van der Waals surface area contributed by atoms with Gasteiger partial charge >= 0.3 is 5.97 Å². The number of hydrogen-bond donors (Lipinski definition) is 1. The summed E-state index contributed by atoms with van der Waals surface area (Å²) in [6.07, 6.45) is 0. The first-order valence-electron chi connectivity index (χ1n) is 9.45. The van der Waals surface area contributed by atoms with Gasteiger partial charge in [0.1, 0.15) is 28.7 Å². The molecular weight excluding hydrogens is 454 g/mol. The van der Waals surface area contributed by atoms with Crippen molar-refractivity contribution in [3.05, 3.63) is 76.0 Å². The van der Waals surface area contributed by atoms with Gasteiger partial charge in [0, 0.05) is 21.8 Å². The number of fused-ring (bicyclic) bond motifs is 1. The van der Waals surface area contributed by atoms with Gasteiger partial charge in [0.15, 0.2) is 5.76 Å². The second-order valence-electron chi connectivity index (χ2n) is 6.64. The Balaban J connectivity index is 1.43. The lowest BCUT2D eigenvalue weighted by Gasteiger charge is -2.06. The molecule has 0 aliphatic rings. The molecule has 0 bridgehead atoms. The van der Waals surface area contributed by atoms with Crippen LogP contribution < -0.4 is 14.8 Å². The number of thiophene rings is 1. The highest BCUT2D eigenvalue weighted by molar-refractivity contribution is 7.21. The maximum Gasteiger partial charge on any atom is 0.349 e. The van der Waals surface area contributed by atoms with Crippen LogP contribution in [-0.2, 0) is 11.3 Å². The molecule has 2 aromatic carbocycles. The van der Waals surface area contributed by atoms with Crippen LogP contribution in [0.4, 0.5) is 5.69 Å². The summed E-state index contributed by atoms with van der Waals surface area (Å²) in [4.78, 5) is 24.7. The van der Waals surface area contributed by atoms with Gasteiger partial charge in [0.2, 0.25) is 0 Å². The van der Waals surface area contributed by atoms with Gasteiger partial charge in [-0.3, -0.25) is 4.79 Å². The summed E-state index contributed by atoms with van der Waals surface area (Å²) in [6.45, 7) is 0.163. The van der Waals surface area contributed by atoms with Gasteiger partial charge in [-0.15, -0.1) is 11.3 Å². The van der Waals surface area contributed by atoms with Crippen molar-refractivity contribution in [2.75, 3.05) is 19.5 Å². The van der Waals surface area contributed by atoms with E-state index in [2.05, 4.69) is 5.32 Å². The van der Waals surface area contributed by atoms with E-state index in [-0.39, 0.29) is 12.4 Å². The Labute approximate surface area is 192 Å². The zero-order valence-corrected chi connectivity index (χ0v) is 18.7. The summed E-state index contributed by atoms with van der Waals surface area (Å²) in [6, 6.07) is 15.6. The van der Waals surface area contributed by atoms with Crippen LogP contribution in [0.25, 0.3) is 10.1 Å². The number of esters is 1. The van der Waals surface area contributed by atoms with Crippen LogP contribution in [0.5, 0.6) is 11.5 Å². The van der Waals surface area contributed by atoms with Crippen molar-refractivity contribution in [1.29, 1.82) is 0 Å². The van der Waals surface area contributed by atoms with Crippen molar-refractivity contribution < 1.29 is 28.2 Å². The number of carbonyl (C=O) groups is 2. The van der Waals surface area contributed by atoms with Crippen molar-refractivity contribution in [3.63, 3.8) is 0 Å². The summed E-state index contributed by atoms with van der Waals surface area (Å²) in [7, 11) is 2.88. The molecular formula is C23H18ClNO6S. The Morgan fingerprint density at radius 1 is 1.06 bits per heavy atom. The van der Waals surface area contributed by atoms with Crippen molar-refractivity contribution in [2.24, 2.45) is 0 Å². The third-order valence-corrected chi connectivity index (χ3v) is 6.20. The first kappa shape index (κ1) is 21.7. The van der Waals surface area contributed by atoms with Gasteiger partial charge in [-0.05, 0) is 42.5 Å². The Morgan fingerprint density at radius 3 is 2.66 bits per heavy atom. The van der Waals surface area contributed by atoms with Crippen LogP contribution in [0.1, 0.15) is 26.0 Å². The molecule has 0 aliphatic carbocycles. The maximum atomic E-state index is 12.6. The van der Waals surface area contributed by atoms with Crippen LogP contribution in [-0.4, -0.2) is 26.1 Å². The van der Waals surface area contributed by atoms with Gasteiger partial charge in [-0.25, -0.2) is 4.79 Å². The average molecular weight is 472 g/mol. The van der Waals surface area contributed by atoms with Crippen LogP contribution >= 0.6 is 22.9 Å². The smallest absolute Gasteiger partial charge is 0.349 e. The minimum absolute atomic E-state index is 0.147. The molecule has 0 atom stereocenters. The van der Waals surface area contributed by atoms with Gasteiger partial charge in [0.05, 0.1) is 19.2 Å². The Hall–Kier alpha value is -3.49. The van der Waals surface area contributed by atoms with Crippen molar-refractivity contribution in [3.8, 4) is 11.5 Å². The molecule has 0 unspecified atom stereocenters. The van der Waals surface area contributed by atoms with Crippen LogP contribution in [0, 0.1) is 0 Å². The molecule has 32 heavy (non-hydrogen) atoms. The number of rotatable bonds is 7. The number of furan rings is 1. The number of ether oxygens (including phenoxy) is 3. The van der Waals surface area contributed by atoms with Gasteiger partial charge in [-0.2, -0.15) is 0 Å². The fraction of sp³-hybridized carbons (Fsp3) is 0.130. The summed E-state index contributed by atoms with van der Waals surface area (Å²) in [5.41, 5.74) is 0.544. The number of halogens is 1. The van der Waals surface area contributed by atoms with Crippen LogP contribution in [0.15, 0.2) is 59.0 Å². The van der Waals surface area contributed by atoms with E-state index in [9.17, 15) is 9.59 Å². The lowest BCUT2D eigenvalue weighted by molar-refractivity contribution is 0.0606. The summed E-state index contributed by atoms with van der Waals surface area (Å²) in [5, 5.41) is 3.83. The number of nitrogens with one attached hydrogen (secondary N) is 1. The second-order valence-corrected chi connectivity index (χ2v) is 8.07. The van der Waals surface area contributed by atoms with E-state index in [1.165, 1.54) is 18.4 Å². The number of hydrogen-bond acceptors (Lipinski definition) is 7. The van der Waals surface area contributed by atoms with Crippen molar-refractivity contribution >= 4 is 50.6 Å². The van der Waals surface area contributed by atoms with E-state index >= 15 is 0 Å². The molecule has 0 saturated carbocycles. The summed E-state index contributed by atoms with van der Waals surface area (Å²) >= 11 is 7.46. The molecule has 7 nitrogen and oxygen atoms in total. The monoisotopic (exact) mass is 471 g/mol. The molecule has 4 aromatic rings. The summed E-state index contributed by atoms with van der Waals surface area (Å²) < 4.78 is 22.0. The Morgan fingerprint density at radius 2 is 1.88 bits per heavy atom. The maximum absolute atomic E-state index is 12.6. The molecule has 1 N–H and O–H groups in total. The highest BCUT2D eigenvalue weighted by atomic mass is 35.5. The Kier molecular flexibility index (Phi) is 6.34. The predicted molar refractivity (Wildman–Crippen MR) is 122 cm³/mol. The number of methoxy groups -OCH3 is 2. The standard InChI is InChI=1S/C23H18ClNO6S/c1-28-14-4-3-5-15(11-14)30-12-16-7-9-18(31-16)22(26)25-13-6-8-17-19(10-13)32-21(20(17)24)23(27)29-2/h3-11H,12H2,1-2H3,(H,25,26). The van der Waals surface area contributed by atoms with Crippen molar-refractivity contribution in [2.45, 2.75) is 6.61 Å². The lowest BCUT2D eigenvalue weighted by Crippen LogP contribution is -2.10. The Bertz CT molecular complexity index is 1290. The number of anilines is 1. The van der Waals surface area contributed by atoms with E-state index < -0.39 is 11.9 Å². The number of carbonyl (C=O) groups excluding carboxylic acids is 2. The quantitative estimate of drug-likeness (QED) is 0.344. The van der Waals surface area contributed by atoms with Crippen LogP contribution in [0.2, 0.25) is 5.02 Å². The molecule has 4 rings (SSSR count). The number of benzene rings is 2. The fourth-order valence-electron chi connectivity index (χ4n) is 2.98. The van der Waals surface area contributed by atoms with E-state index in [0.29, 0.717) is 38.2 Å². The molecule has 164 valence electrons. The highest BCUT2D eigenvalue weighted by Gasteiger charge is 2.18. The van der Waals surface area contributed by atoms with E-state index in [0.717, 1.165) is 4.70 Å². The lowest BCUT2D eigenvalue weighted by atomic mass is 10.2. The normalized spacial score (nSPS) is 10.7. The number of amides is 1. The molecule has 0 radical (unpaired) electrons. The molecule has 9 heteroatoms. The molecule has 0 fully saturated rings. The van der Waals surface area contributed by atoms with E-state index in [1.54, 1.807) is 49.6 Å². The molecule has 0 spiro atoms. The first-order valence-corrected chi connectivity index (χ1v) is 10.6. The molecule has 2 aromatic heterocycles. The minimum atomic E-state index is -0.499. The second kappa shape index (κ2) is 9.33. The predicted octanol–water partition coefficient (Wildman–Crippen LogP) is 5.77. The van der Waals surface area contributed by atoms with Crippen LogP contribution in [0.3, 0.4) is 0 Å². The third kappa shape index (κ3) is 4.56. The van der Waals surface area contributed by atoms with E-state index in [1.807, 2.05) is 12.1 Å². The molecule has 1 amide bonds. The zero-order chi connectivity index (χ0) is 22.7. The largest absolute Gasteiger partial charge is 0.497 e. The molecule has 0 aliphatic heterocycles. The fourth-order valence-corrected chi connectivity index (χ4v) is 4.45. The highest BCUT2D eigenvalue weighted by Crippen LogP contribution is 2.37. The topological polar surface area (TPSA) is 87.0 Å². The van der Waals surface area contributed by atoms with Gasteiger partial charge < -0.3 is 23.9 Å². The minimum Gasteiger partial charge on any atom is -0.497 e. The van der Waals surface area contributed by atoms with Gasteiger partial charge in [-0.1, -0.05) is 17.7 Å². The van der Waals surface area contributed by atoms with E-state index in [4.69, 9.17) is 30.2 Å². The third-order valence-electron chi connectivity index (χ3n) is 4.57.